The van der Waals surface area contributed by atoms with E-state index in [4.69, 9.17) is 0 Å². The van der Waals surface area contributed by atoms with Crippen LogP contribution in [0.15, 0.2) is 46.9 Å². The molecule has 0 bridgehead atoms. The first-order valence-electron chi connectivity index (χ1n) is 6.64. The SMILES string of the molecule is Cc1cc(F)ccc1CC(CBr)Cc1ccc(Br)cc1. The monoisotopic (exact) mass is 398 g/mol. The van der Waals surface area contributed by atoms with E-state index in [9.17, 15) is 4.39 Å². The summed E-state index contributed by atoms with van der Waals surface area (Å²) in [5.74, 6) is 0.356. The Labute approximate surface area is 136 Å². The van der Waals surface area contributed by atoms with Gasteiger partial charge in [-0.05, 0) is 66.6 Å². The molecule has 0 saturated carbocycles. The summed E-state index contributed by atoms with van der Waals surface area (Å²) in [7, 11) is 0. The van der Waals surface area contributed by atoms with Gasteiger partial charge in [0.2, 0.25) is 0 Å². The van der Waals surface area contributed by atoms with Gasteiger partial charge in [-0.3, -0.25) is 0 Å². The van der Waals surface area contributed by atoms with E-state index < -0.39 is 0 Å². The van der Waals surface area contributed by atoms with Crippen LogP contribution < -0.4 is 0 Å². The molecule has 2 aromatic carbocycles. The minimum atomic E-state index is -0.158. The topological polar surface area (TPSA) is 0 Å². The summed E-state index contributed by atoms with van der Waals surface area (Å²) >= 11 is 7.06. The molecule has 0 saturated heterocycles. The molecule has 0 aromatic heterocycles. The highest BCUT2D eigenvalue weighted by molar-refractivity contribution is 9.10. The molecule has 0 radical (unpaired) electrons. The van der Waals surface area contributed by atoms with E-state index in [1.165, 1.54) is 11.1 Å². The standard InChI is InChI=1S/C17H17Br2F/c1-12-8-17(20)7-4-15(12)10-14(11-18)9-13-2-5-16(19)6-3-13/h2-8,14H,9-11H2,1H3. The van der Waals surface area contributed by atoms with Gasteiger partial charge in [0.15, 0.2) is 0 Å². The molecule has 0 spiro atoms. The van der Waals surface area contributed by atoms with Gasteiger partial charge in [0.1, 0.15) is 5.82 Å². The van der Waals surface area contributed by atoms with Gasteiger partial charge in [-0.15, -0.1) is 0 Å². The summed E-state index contributed by atoms with van der Waals surface area (Å²) in [5, 5.41) is 0.944. The number of rotatable bonds is 5. The second-order valence-electron chi connectivity index (χ2n) is 5.13. The third-order valence-electron chi connectivity index (χ3n) is 3.47. The number of aryl methyl sites for hydroxylation is 1. The van der Waals surface area contributed by atoms with Gasteiger partial charge in [-0.25, -0.2) is 4.39 Å². The van der Waals surface area contributed by atoms with Crippen LogP contribution in [-0.2, 0) is 12.8 Å². The Balaban J connectivity index is 2.07. The molecule has 2 rings (SSSR count). The summed E-state index contributed by atoms with van der Waals surface area (Å²) in [6.45, 7) is 1.98. The fraction of sp³-hybridized carbons (Fsp3) is 0.294. The van der Waals surface area contributed by atoms with Crippen LogP contribution in [0, 0.1) is 18.7 Å². The van der Waals surface area contributed by atoms with Crippen LogP contribution in [0.3, 0.4) is 0 Å². The van der Waals surface area contributed by atoms with E-state index in [0.29, 0.717) is 5.92 Å². The lowest BCUT2D eigenvalue weighted by molar-refractivity contribution is 0.585. The summed E-state index contributed by atoms with van der Waals surface area (Å²) in [6.07, 6.45) is 1.99. The summed E-state index contributed by atoms with van der Waals surface area (Å²) < 4.78 is 14.2. The highest BCUT2D eigenvalue weighted by Crippen LogP contribution is 2.21. The third-order valence-corrected chi connectivity index (χ3v) is 4.91. The molecule has 0 N–H and O–H groups in total. The second kappa shape index (κ2) is 7.37. The molecule has 0 aliphatic heterocycles. The molecular weight excluding hydrogens is 383 g/mol. The van der Waals surface area contributed by atoms with E-state index in [2.05, 4.69) is 56.1 Å². The van der Waals surface area contributed by atoms with Crippen molar-refractivity contribution < 1.29 is 4.39 Å². The molecule has 106 valence electrons. The number of hydrogen-bond donors (Lipinski definition) is 0. The fourth-order valence-electron chi connectivity index (χ4n) is 2.33. The second-order valence-corrected chi connectivity index (χ2v) is 6.69. The maximum atomic E-state index is 13.1. The summed E-state index contributed by atoms with van der Waals surface area (Å²) in [5.41, 5.74) is 3.59. The van der Waals surface area contributed by atoms with Gasteiger partial charge in [0, 0.05) is 9.80 Å². The van der Waals surface area contributed by atoms with Crippen LogP contribution >= 0.6 is 31.9 Å². The predicted octanol–water partition coefficient (Wildman–Crippen LogP) is 5.69. The van der Waals surface area contributed by atoms with E-state index in [1.54, 1.807) is 12.1 Å². The summed E-state index contributed by atoms with van der Waals surface area (Å²) in [6, 6.07) is 13.5. The zero-order chi connectivity index (χ0) is 14.5. The Morgan fingerprint density at radius 2 is 1.75 bits per heavy atom. The molecule has 3 heteroatoms. The normalized spacial score (nSPS) is 12.4. The van der Waals surface area contributed by atoms with Gasteiger partial charge in [-0.1, -0.05) is 50.1 Å². The highest BCUT2D eigenvalue weighted by Gasteiger charge is 2.11. The molecule has 1 atom stereocenters. The molecule has 0 aliphatic rings. The quantitative estimate of drug-likeness (QED) is 0.566. The van der Waals surface area contributed by atoms with Crippen LogP contribution in [0.5, 0.6) is 0 Å². The fourth-order valence-corrected chi connectivity index (χ4v) is 3.06. The van der Waals surface area contributed by atoms with Crippen LogP contribution in [0.4, 0.5) is 4.39 Å². The smallest absolute Gasteiger partial charge is 0.123 e. The lowest BCUT2D eigenvalue weighted by Crippen LogP contribution is -2.11. The maximum absolute atomic E-state index is 13.1. The molecule has 20 heavy (non-hydrogen) atoms. The average molecular weight is 400 g/mol. The van der Waals surface area contributed by atoms with E-state index in [0.717, 1.165) is 28.2 Å². The molecule has 1 unspecified atom stereocenters. The Morgan fingerprint density at radius 3 is 2.35 bits per heavy atom. The number of hydrogen-bond acceptors (Lipinski definition) is 0. The zero-order valence-electron chi connectivity index (χ0n) is 11.4. The lowest BCUT2D eigenvalue weighted by Gasteiger charge is -2.16. The van der Waals surface area contributed by atoms with Crippen molar-refractivity contribution in [3.63, 3.8) is 0 Å². The van der Waals surface area contributed by atoms with Gasteiger partial charge < -0.3 is 0 Å². The van der Waals surface area contributed by atoms with Crippen LogP contribution in [-0.4, -0.2) is 5.33 Å². The Kier molecular flexibility index (Phi) is 5.79. The average Bonchev–Trinajstić information content (AvgIpc) is 2.43. The Morgan fingerprint density at radius 1 is 1.05 bits per heavy atom. The number of benzene rings is 2. The van der Waals surface area contributed by atoms with Crippen molar-refractivity contribution in [3.8, 4) is 0 Å². The third kappa shape index (κ3) is 4.42. The minimum absolute atomic E-state index is 0.158. The molecule has 0 fully saturated rings. The zero-order valence-corrected chi connectivity index (χ0v) is 14.5. The Hall–Kier alpha value is -0.670. The lowest BCUT2D eigenvalue weighted by atomic mass is 9.92. The molecule has 0 amide bonds. The minimum Gasteiger partial charge on any atom is -0.207 e. The predicted molar refractivity (Wildman–Crippen MR) is 90.0 cm³/mol. The van der Waals surface area contributed by atoms with Gasteiger partial charge >= 0.3 is 0 Å². The number of alkyl halides is 1. The first kappa shape index (κ1) is 15.7. The number of halogens is 3. The molecule has 2 aromatic rings. The van der Waals surface area contributed by atoms with E-state index in [-0.39, 0.29) is 5.82 Å². The van der Waals surface area contributed by atoms with Crippen LogP contribution in [0.25, 0.3) is 0 Å². The first-order chi connectivity index (χ1) is 9.58. The van der Waals surface area contributed by atoms with Crippen molar-refractivity contribution >= 4 is 31.9 Å². The van der Waals surface area contributed by atoms with E-state index in [1.807, 2.05) is 13.0 Å². The molecule has 0 heterocycles. The largest absolute Gasteiger partial charge is 0.207 e. The van der Waals surface area contributed by atoms with Crippen LogP contribution in [0.1, 0.15) is 16.7 Å². The summed E-state index contributed by atoms with van der Waals surface area (Å²) in [4.78, 5) is 0. The van der Waals surface area contributed by atoms with Crippen molar-refractivity contribution in [1.82, 2.24) is 0 Å². The van der Waals surface area contributed by atoms with Crippen molar-refractivity contribution in [3.05, 3.63) is 69.4 Å². The van der Waals surface area contributed by atoms with Crippen molar-refractivity contribution in [2.24, 2.45) is 5.92 Å². The van der Waals surface area contributed by atoms with Crippen molar-refractivity contribution in [2.45, 2.75) is 19.8 Å². The van der Waals surface area contributed by atoms with Crippen molar-refractivity contribution in [1.29, 1.82) is 0 Å². The van der Waals surface area contributed by atoms with Gasteiger partial charge in [0.25, 0.3) is 0 Å². The molecule has 0 nitrogen and oxygen atoms in total. The molecule has 0 aliphatic carbocycles. The molecular formula is C17H17Br2F. The van der Waals surface area contributed by atoms with Crippen LogP contribution in [0.2, 0.25) is 0 Å². The Bertz CT molecular complexity index is 564. The highest BCUT2D eigenvalue weighted by atomic mass is 79.9. The maximum Gasteiger partial charge on any atom is 0.123 e. The van der Waals surface area contributed by atoms with E-state index >= 15 is 0 Å². The van der Waals surface area contributed by atoms with Gasteiger partial charge in [-0.2, -0.15) is 0 Å². The first-order valence-corrected chi connectivity index (χ1v) is 8.55. The van der Waals surface area contributed by atoms with Gasteiger partial charge in [0.05, 0.1) is 0 Å². The van der Waals surface area contributed by atoms with Crippen molar-refractivity contribution in [2.75, 3.05) is 5.33 Å².